The zero-order valence-corrected chi connectivity index (χ0v) is 19.0. The molecule has 1 saturated carbocycles. The number of hydrogen-bond donors (Lipinski definition) is 1. The summed E-state index contributed by atoms with van der Waals surface area (Å²) in [7, 11) is 0. The van der Waals surface area contributed by atoms with E-state index in [2.05, 4.69) is 19.2 Å². The van der Waals surface area contributed by atoms with Crippen molar-refractivity contribution in [3.8, 4) is 0 Å². The van der Waals surface area contributed by atoms with E-state index in [1.54, 1.807) is 17.2 Å². The molecule has 1 N–H and O–H groups in total. The van der Waals surface area contributed by atoms with Crippen LogP contribution in [0.2, 0.25) is 0 Å². The Morgan fingerprint density at radius 1 is 1.19 bits per heavy atom. The number of rotatable bonds is 4. The second-order valence-electron chi connectivity index (χ2n) is 9.78. The molecule has 6 nitrogen and oxygen atoms in total. The van der Waals surface area contributed by atoms with Crippen LogP contribution >= 0.6 is 0 Å². The van der Waals surface area contributed by atoms with Gasteiger partial charge < -0.3 is 19.2 Å². The standard InChI is InChI=1S/C26H31N3O3/c1-17-8-7-11-20(18(17)2)27-25(31)26(3)16-28-21-12-13-32-23(21)14-22(28)24(30)29(26)15-19-9-5-4-6-10-19/h4-6,9-10,12-14,17-18,20H,7-8,11,15-16H2,1-3H3,(H,27,31)/t17-,18-,20+,26+/m1/s1. The Labute approximate surface area is 188 Å². The fourth-order valence-corrected chi connectivity index (χ4v) is 5.40. The van der Waals surface area contributed by atoms with Gasteiger partial charge in [-0.1, -0.05) is 57.0 Å². The van der Waals surface area contributed by atoms with Crippen molar-refractivity contribution in [1.82, 2.24) is 14.8 Å². The van der Waals surface area contributed by atoms with Gasteiger partial charge >= 0.3 is 0 Å². The SMILES string of the molecule is C[C@@H]1[C@H](C)CCC[C@@H]1NC(=O)[C@]1(C)Cn2c(cc3occc32)C(=O)N1Cc1ccccc1. The number of aromatic nitrogens is 1. The Morgan fingerprint density at radius 2 is 1.97 bits per heavy atom. The molecule has 3 aromatic rings. The summed E-state index contributed by atoms with van der Waals surface area (Å²) in [6.07, 6.45) is 4.94. The topological polar surface area (TPSA) is 67.5 Å². The summed E-state index contributed by atoms with van der Waals surface area (Å²) in [5, 5.41) is 3.34. The maximum absolute atomic E-state index is 13.9. The molecule has 1 aromatic carbocycles. The van der Waals surface area contributed by atoms with Gasteiger partial charge in [-0.2, -0.15) is 0 Å². The second-order valence-corrected chi connectivity index (χ2v) is 9.78. The number of amides is 2. The molecule has 3 heterocycles. The Hall–Kier alpha value is -3.02. The quantitative estimate of drug-likeness (QED) is 0.654. The fourth-order valence-electron chi connectivity index (χ4n) is 5.40. The lowest BCUT2D eigenvalue weighted by atomic mass is 9.77. The Bertz CT molecular complexity index is 1150. The minimum Gasteiger partial charge on any atom is -0.463 e. The molecule has 1 fully saturated rings. The molecule has 0 unspecified atom stereocenters. The Balaban J connectivity index is 1.52. The summed E-state index contributed by atoms with van der Waals surface area (Å²) in [4.78, 5) is 29.3. The van der Waals surface area contributed by atoms with Crippen LogP contribution in [-0.4, -0.2) is 32.9 Å². The van der Waals surface area contributed by atoms with Crippen LogP contribution in [0.5, 0.6) is 0 Å². The number of furan rings is 1. The van der Waals surface area contributed by atoms with E-state index in [1.807, 2.05) is 47.9 Å². The van der Waals surface area contributed by atoms with Gasteiger partial charge in [-0.05, 0) is 30.7 Å². The monoisotopic (exact) mass is 433 g/mol. The van der Waals surface area contributed by atoms with Gasteiger partial charge in [-0.15, -0.1) is 0 Å². The first kappa shape index (κ1) is 20.9. The van der Waals surface area contributed by atoms with Crippen LogP contribution < -0.4 is 5.32 Å². The molecule has 2 amide bonds. The molecular formula is C26H31N3O3. The zero-order chi connectivity index (χ0) is 22.5. The van der Waals surface area contributed by atoms with Gasteiger partial charge in [0.1, 0.15) is 11.2 Å². The normalized spacial score (nSPS) is 28.0. The van der Waals surface area contributed by atoms with E-state index < -0.39 is 5.54 Å². The van der Waals surface area contributed by atoms with Crippen LogP contribution in [0.15, 0.2) is 53.1 Å². The lowest BCUT2D eigenvalue weighted by Crippen LogP contribution is -2.65. The smallest absolute Gasteiger partial charge is 0.271 e. The van der Waals surface area contributed by atoms with E-state index in [0.29, 0.717) is 36.2 Å². The van der Waals surface area contributed by atoms with Crippen molar-refractivity contribution in [2.45, 2.75) is 64.7 Å². The molecule has 4 atom stereocenters. The molecule has 0 spiro atoms. The van der Waals surface area contributed by atoms with Crippen LogP contribution in [0.4, 0.5) is 0 Å². The average Bonchev–Trinajstić information content (AvgIpc) is 3.37. The summed E-state index contributed by atoms with van der Waals surface area (Å²) >= 11 is 0. The molecule has 6 heteroatoms. The van der Waals surface area contributed by atoms with Crippen LogP contribution in [0.1, 0.15) is 56.1 Å². The lowest BCUT2D eigenvalue weighted by Gasteiger charge is -2.45. The van der Waals surface area contributed by atoms with Gasteiger partial charge in [0.2, 0.25) is 5.91 Å². The van der Waals surface area contributed by atoms with Crippen LogP contribution in [0.25, 0.3) is 11.1 Å². The van der Waals surface area contributed by atoms with Gasteiger partial charge in [-0.25, -0.2) is 0 Å². The number of hydrogen-bond acceptors (Lipinski definition) is 3. The molecular weight excluding hydrogens is 402 g/mol. The van der Waals surface area contributed by atoms with E-state index in [9.17, 15) is 9.59 Å². The first-order valence-corrected chi connectivity index (χ1v) is 11.6. The number of carbonyl (C=O) groups excluding carboxylic acids is 2. The van der Waals surface area contributed by atoms with Crippen molar-refractivity contribution >= 4 is 22.9 Å². The molecule has 0 saturated heterocycles. The van der Waals surface area contributed by atoms with E-state index in [0.717, 1.165) is 23.9 Å². The third kappa shape index (κ3) is 3.33. The largest absolute Gasteiger partial charge is 0.463 e. The highest BCUT2D eigenvalue weighted by atomic mass is 16.3. The molecule has 32 heavy (non-hydrogen) atoms. The van der Waals surface area contributed by atoms with E-state index in [-0.39, 0.29) is 17.9 Å². The number of fused-ring (bicyclic) bond motifs is 3. The van der Waals surface area contributed by atoms with Gasteiger partial charge in [0.05, 0.1) is 18.3 Å². The van der Waals surface area contributed by atoms with E-state index in [4.69, 9.17) is 4.42 Å². The second kappa shape index (κ2) is 7.84. The maximum atomic E-state index is 13.9. The number of nitrogens with zero attached hydrogens (tertiary/aromatic N) is 2. The molecule has 0 bridgehead atoms. The van der Waals surface area contributed by atoms with Gasteiger partial charge in [0.15, 0.2) is 5.58 Å². The Kier molecular flexibility index (Phi) is 5.11. The summed E-state index contributed by atoms with van der Waals surface area (Å²) in [5.74, 6) is 0.774. The molecule has 2 aliphatic rings. The zero-order valence-electron chi connectivity index (χ0n) is 19.0. The highest BCUT2D eigenvalue weighted by molar-refractivity contribution is 6.02. The van der Waals surface area contributed by atoms with Crippen LogP contribution in [0, 0.1) is 11.8 Å². The summed E-state index contributed by atoms with van der Waals surface area (Å²) in [5.41, 5.74) is 2.09. The van der Waals surface area contributed by atoms with Crippen molar-refractivity contribution < 1.29 is 14.0 Å². The average molecular weight is 434 g/mol. The van der Waals surface area contributed by atoms with Crippen LogP contribution in [0.3, 0.4) is 0 Å². The number of nitrogens with one attached hydrogen (secondary N) is 1. The summed E-state index contributed by atoms with van der Waals surface area (Å²) in [6, 6.07) is 13.7. The van der Waals surface area contributed by atoms with Crippen LogP contribution in [-0.2, 0) is 17.9 Å². The first-order valence-electron chi connectivity index (χ1n) is 11.6. The highest BCUT2D eigenvalue weighted by Crippen LogP contribution is 2.35. The van der Waals surface area contributed by atoms with Crippen molar-refractivity contribution in [2.75, 3.05) is 0 Å². The molecule has 1 aliphatic heterocycles. The fraction of sp³-hybridized carbons (Fsp3) is 0.462. The molecule has 0 radical (unpaired) electrons. The summed E-state index contributed by atoms with van der Waals surface area (Å²) < 4.78 is 7.50. The molecule has 2 aromatic heterocycles. The van der Waals surface area contributed by atoms with E-state index in [1.165, 1.54) is 6.42 Å². The van der Waals surface area contributed by atoms with Crippen molar-refractivity contribution in [2.24, 2.45) is 11.8 Å². The highest BCUT2D eigenvalue weighted by Gasteiger charge is 2.48. The third-order valence-corrected chi connectivity index (χ3v) is 7.74. The van der Waals surface area contributed by atoms with E-state index >= 15 is 0 Å². The van der Waals surface area contributed by atoms with Crippen molar-refractivity contribution in [3.05, 3.63) is 60.0 Å². The maximum Gasteiger partial charge on any atom is 0.271 e. The minimum atomic E-state index is -1.01. The third-order valence-electron chi connectivity index (χ3n) is 7.74. The summed E-state index contributed by atoms with van der Waals surface area (Å²) in [6.45, 7) is 7.16. The molecule has 1 aliphatic carbocycles. The Morgan fingerprint density at radius 3 is 2.75 bits per heavy atom. The predicted molar refractivity (Wildman–Crippen MR) is 123 cm³/mol. The minimum absolute atomic E-state index is 0.0799. The number of carbonyl (C=O) groups is 2. The lowest BCUT2D eigenvalue weighted by molar-refractivity contribution is -0.134. The van der Waals surface area contributed by atoms with Gasteiger partial charge in [0.25, 0.3) is 5.91 Å². The predicted octanol–water partition coefficient (Wildman–Crippen LogP) is 4.59. The van der Waals surface area contributed by atoms with Gasteiger partial charge in [-0.3, -0.25) is 9.59 Å². The first-order chi connectivity index (χ1) is 15.4. The molecule has 168 valence electrons. The van der Waals surface area contributed by atoms with Crippen molar-refractivity contribution in [3.63, 3.8) is 0 Å². The molecule has 5 rings (SSSR count). The van der Waals surface area contributed by atoms with Gasteiger partial charge in [0, 0.05) is 24.7 Å². The number of benzene rings is 1. The van der Waals surface area contributed by atoms with Crippen molar-refractivity contribution in [1.29, 1.82) is 0 Å².